The highest BCUT2D eigenvalue weighted by Gasteiger charge is 2.54. The number of anilines is 1. The molecule has 0 atom stereocenters. The number of hydrogen-bond donors (Lipinski definition) is 2. The SMILES string of the molecule is Cc1cnc(N2CC(C)(C)C(F)(F)C2)c2cc(-c3c[nH]c(=O)[nH]c3=O)nn12. The second-order valence-corrected chi connectivity index (χ2v) is 7.48. The summed E-state index contributed by atoms with van der Waals surface area (Å²) in [5, 5.41) is 4.40. The van der Waals surface area contributed by atoms with Crippen molar-refractivity contribution in [2.75, 3.05) is 18.0 Å². The van der Waals surface area contributed by atoms with Crippen LogP contribution in [-0.2, 0) is 0 Å². The summed E-state index contributed by atoms with van der Waals surface area (Å²) in [5.41, 5.74) is -0.688. The van der Waals surface area contributed by atoms with E-state index in [1.54, 1.807) is 23.7 Å². The molecule has 1 aliphatic rings. The smallest absolute Gasteiger partial charge is 0.325 e. The fraction of sp³-hybridized carbons (Fsp3) is 0.412. The molecule has 1 fully saturated rings. The Labute approximate surface area is 151 Å². The molecule has 0 aliphatic carbocycles. The van der Waals surface area contributed by atoms with Gasteiger partial charge >= 0.3 is 5.69 Å². The lowest BCUT2D eigenvalue weighted by Gasteiger charge is -2.24. The molecule has 0 aromatic carbocycles. The van der Waals surface area contributed by atoms with Gasteiger partial charge in [-0.3, -0.25) is 9.78 Å². The number of alkyl halides is 2. The van der Waals surface area contributed by atoms with Gasteiger partial charge in [0.15, 0.2) is 5.82 Å². The number of aromatic amines is 2. The summed E-state index contributed by atoms with van der Waals surface area (Å²) in [7, 11) is 0. The fourth-order valence-electron chi connectivity index (χ4n) is 3.31. The van der Waals surface area contributed by atoms with Crippen molar-refractivity contribution < 1.29 is 8.78 Å². The van der Waals surface area contributed by atoms with Gasteiger partial charge in [0.2, 0.25) is 0 Å². The molecule has 4 heterocycles. The molecule has 8 nitrogen and oxygen atoms in total. The zero-order valence-corrected chi connectivity index (χ0v) is 15.0. The van der Waals surface area contributed by atoms with Crippen LogP contribution in [-0.4, -0.2) is 43.6 Å². The van der Waals surface area contributed by atoms with Gasteiger partial charge in [-0.05, 0) is 13.0 Å². The first-order valence-corrected chi connectivity index (χ1v) is 8.40. The molecule has 3 aromatic heterocycles. The lowest BCUT2D eigenvalue weighted by atomic mass is 9.89. The van der Waals surface area contributed by atoms with Gasteiger partial charge in [0.1, 0.15) is 11.2 Å². The quantitative estimate of drug-likeness (QED) is 0.707. The average molecular weight is 376 g/mol. The summed E-state index contributed by atoms with van der Waals surface area (Å²) >= 11 is 0. The van der Waals surface area contributed by atoms with Crippen LogP contribution in [0.25, 0.3) is 16.8 Å². The van der Waals surface area contributed by atoms with E-state index in [-0.39, 0.29) is 12.1 Å². The van der Waals surface area contributed by atoms with Gasteiger partial charge < -0.3 is 9.88 Å². The number of nitrogens with one attached hydrogen (secondary N) is 2. The Bertz CT molecular complexity index is 1140. The van der Waals surface area contributed by atoms with Gasteiger partial charge in [0, 0.05) is 18.2 Å². The number of rotatable bonds is 2. The maximum Gasteiger partial charge on any atom is 0.325 e. The lowest BCUT2D eigenvalue weighted by molar-refractivity contribution is -0.0642. The molecule has 27 heavy (non-hydrogen) atoms. The fourth-order valence-corrected chi connectivity index (χ4v) is 3.31. The topological polar surface area (TPSA) is 99.1 Å². The van der Waals surface area contributed by atoms with Crippen LogP contribution in [0.2, 0.25) is 0 Å². The monoisotopic (exact) mass is 376 g/mol. The first-order chi connectivity index (χ1) is 12.6. The normalized spacial score (nSPS) is 18.3. The summed E-state index contributed by atoms with van der Waals surface area (Å²) in [6, 6.07) is 1.61. The van der Waals surface area contributed by atoms with Crippen LogP contribution in [0.15, 0.2) is 28.0 Å². The molecule has 0 radical (unpaired) electrons. The van der Waals surface area contributed by atoms with E-state index in [0.29, 0.717) is 22.7 Å². The van der Waals surface area contributed by atoms with Crippen LogP contribution >= 0.6 is 0 Å². The summed E-state index contributed by atoms with van der Waals surface area (Å²) in [5.74, 6) is -2.47. The third kappa shape index (κ3) is 2.63. The number of aryl methyl sites for hydroxylation is 1. The molecule has 0 bridgehead atoms. The summed E-state index contributed by atoms with van der Waals surface area (Å²) in [6.45, 7) is 4.54. The van der Waals surface area contributed by atoms with Crippen molar-refractivity contribution in [2.45, 2.75) is 26.7 Å². The molecule has 0 amide bonds. The number of aromatic nitrogens is 5. The standard InChI is InChI=1S/C17H18F2N6O2/c1-9-5-20-13(24-7-16(2,3)17(18,19)8-24)12-4-11(23-25(9)12)10-6-21-15(27)22-14(10)26/h4-6H,7-8H2,1-3H3,(H2,21,22,26,27). The molecule has 0 spiro atoms. The van der Waals surface area contributed by atoms with Gasteiger partial charge in [0.25, 0.3) is 11.5 Å². The highest BCUT2D eigenvalue weighted by molar-refractivity contribution is 5.75. The van der Waals surface area contributed by atoms with E-state index in [1.165, 1.54) is 24.9 Å². The van der Waals surface area contributed by atoms with Gasteiger partial charge in [-0.1, -0.05) is 13.8 Å². The average Bonchev–Trinajstić information content (AvgIpc) is 3.07. The van der Waals surface area contributed by atoms with Crippen molar-refractivity contribution in [3.05, 3.63) is 45.0 Å². The van der Waals surface area contributed by atoms with E-state index in [0.717, 1.165) is 0 Å². The Morgan fingerprint density at radius 2 is 1.96 bits per heavy atom. The minimum atomic E-state index is -2.85. The zero-order chi connectivity index (χ0) is 19.6. The molecule has 1 aliphatic heterocycles. The maximum absolute atomic E-state index is 14.3. The third-order valence-corrected chi connectivity index (χ3v) is 5.01. The van der Waals surface area contributed by atoms with Crippen molar-refractivity contribution in [2.24, 2.45) is 5.41 Å². The third-order valence-electron chi connectivity index (χ3n) is 5.01. The molecule has 142 valence electrons. The Kier molecular flexibility index (Phi) is 3.53. The van der Waals surface area contributed by atoms with Crippen molar-refractivity contribution in [1.29, 1.82) is 0 Å². The molecule has 1 saturated heterocycles. The number of nitrogens with zero attached hydrogens (tertiary/aromatic N) is 4. The van der Waals surface area contributed by atoms with Gasteiger partial charge in [-0.2, -0.15) is 5.10 Å². The summed E-state index contributed by atoms with van der Waals surface area (Å²) < 4.78 is 30.2. The van der Waals surface area contributed by atoms with Gasteiger partial charge in [-0.15, -0.1) is 0 Å². The molecular weight excluding hydrogens is 358 g/mol. The number of fused-ring (bicyclic) bond motifs is 1. The molecule has 2 N–H and O–H groups in total. The van der Waals surface area contributed by atoms with Crippen molar-refractivity contribution in [3.63, 3.8) is 0 Å². The van der Waals surface area contributed by atoms with E-state index in [1.807, 2.05) is 0 Å². The first-order valence-electron chi connectivity index (χ1n) is 8.40. The summed E-state index contributed by atoms with van der Waals surface area (Å²) in [4.78, 5) is 33.7. The molecular formula is C17H18F2N6O2. The summed E-state index contributed by atoms with van der Waals surface area (Å²) in [6.07, 6.45) is 2.83. The van der Waals surface area contributed by atoms with Crippen molar-refractivity contribution in [3.8, 4) is 11.3 Å². The lowest BCUT2D eigenvalue weighted by Crippen LogP contribution is -2.34. The minimum Gasteiger partial charge on any atom is -0.348 e. The number of H-pyrrole nitrogens is 2. The van der Waals surface area contributed by atoms with Crippen LogP contribution in [0.4, 0.5) is 14.6 Å². The predicted octanol–water partition coefficient (Wildman–Crippen LogP) is 1.56. The Hall–Kier alpha value is -3.04. The van der Waals surface area contributed by atoms with E-state index >= 15 is 0 Å². The molecule has 10 heteroatoms. The molecule has 4 rings (SSSR count). The second kappa shape index (κ2) is 5.48. The van der Waals surface area contributed by atoms with E-state index in [4.69, 9.17) is 0 Å². The molecule has 3 aromatic rings. The van der Waals surface area contributed by atoms with E-state index < -0.39 is 29.1 Å². The van der Waals surface area contributed by atoms with Crippen LogP contribution in [0, 0.1) is 12.3 Å². The largest absolute Gasteiger partial charge is 0.348 e. The Morgan fingerprint density at radius 3 is 2.59 bits per heavy atom. The van der Waals surface area contributed by atoms with Crippen LogP contribution in [0.3, 0.4) is 0 Å². The highest BCUT2D eigenvalue weighted by atomic mass is 19.3. The van der Waals surface area contributed by atoms with Crippen LogP contribution in [0.5, 0.6) is 0 Å². The maximum atomic E-state index is 14.3. The van der Waals surface area contributed by atoms with Crippen LogP contribution < -0.4 is 16.1 Å². The van der Waals surface area contributed by atoms with Crippen LogP contribution in [0.1, 0.15) is 19.5 Å². The number of hydrogen-bond acceptors (Lipinski definition) is 5. The van der Waals surface area contributed by atoms with Crippen molar-refractivity contribution in [1.82, 2.24) is 24.6 Å². The van der Waals surface area contributed by atoms with Gasteiger partial charge in [0.05, 0.1) is 24.0 Å². The molecule has 0 unspecified atom stereocenters. The Morgan fingerprint density at radius 1 is 1.22 bits per heavy atom. The zero-order valence-electron chi connectivity index (χ0n) is 15.0. The van der Waals surface area contributed by atoms with E-state index in [2.05, 4.69) is 20.1 Å². The highest BCUT2D eigenvalue weighted by Crippen LogP contribution is 2.44. The van der Waals surface area contributed by atoms with Crippen molar-refractivity contribution >= 4 is 11.3 Å². The first kappa shape index (κ1) is 17.4. The molecule has 0 saturated carbocycles. The van der Waals surface area contributed by atoms with E-state index in [9.17, 15) is 18.4 Å². The number of halogens is 2. The Balaban J connectivity index is 1.87. The predicted molar refractivity (Wildman–Crippen MR) is 95.3 cm³/mol. The minimum absolute atomic E-state index is 0.144. The van der Waals surface area contributed by atoms with Gasteiger partial charge in [-0.25, -0.2) is 23.1 Å². The second-order valence-electron chi connectivity index (χ2n) is 7.48.